The van der Waals surface area contributed by atoms with E-state index in [1.54, 1.807) is 6.92 Å². The highest BCUT2D eigenvalue weighted by Crippen LogP contribution is 2.42. The third-order valence-electron chi connectivity index (χ3n) is 5.48. The van der Waals surface area contributed by atoms with Crippen LogP contribution in [0.1, 0.15) is 26.3 Å². The molecule has 0 spiro atoms. The summed E-state index contributed by atoms with van der Waals surface area (Å²) in [6.07, 6.45) is 0.849. The van der Waals surface area contributed by atoms with E-state index in [1.807, 2.05) is 11.8 Å². The molecular formula is C17H22FN5O3. The van der Waals surface area contributed by atoms with E-state index in [1.165, 1.54) is 4.57 Å². The van der Waals surface area contributed by atoms with E-state index >= 15 is 0 Å². The monoisotopic (exact) mass is 363 g/mol. The van der Waals surface area contributed by atoms with Crippen molar-refractivity contribution in [3.05, 3.63) is 32.7 Å². The van der Waals surface area contributed by atoms with Crippen LogP contribution in [0.2, 0.25) is 0 Å². The Morgan fingerprint density at radius 2 is 2.12 bits per heavy atom. The van der Waals surface area contributed by atoms with Crippen molar-refractivity contribution in [1.82, 2.24) is 9.24 Å². The summed E-state index contributed by atoms with van der Waals surface area (Å²) in [7, 11) is 0. The zero-order valence-electron chi connectivity index (χ0n) is 14.7. The zero-order chi connectivity index (χ0) is 18.7. The highest BCUT2D eigenvalue weighted by molar-refractivity contribution is 5.91. The van der Waals surface area contributed by atoms with Gasteiger partial charge < -0.3 is 21.2 Å². The lowest BCUT2D eigenvalue weighted by Gasteiger charge is -2.30. The third kappa shape index (κ3) is 2.23. The van der Waals surface area contributed by atoms with Crippen LogP contribution in [-0.4, -0.2) is 35.0 Å². The highest BCUT2D eigenvalue weighted by atomic mass is 19.1. The third-order valence-corrected chi connectivity index (χ3v) is 5.48. The molecule has 140 valence electrons. The van der Waals surface area contributed by atoms with Crippen molar-refractivity contribution < 1.29 is 9.13 Å². The second kappa shape index (κ2) is 5.73. The van der Waals surface area contributed by atoms with Crippen molar-refractivity contribution in [1.29, 1.82) is 0 Å². The first-order valence-electron chi connectivity index (χ1n) is 8.73. The Kier molecular flexibility index (Phi) is 3.72. The summed E-state index contributed by atoms with van der Waals surface area (Å²) in [5.41, 5.74) is 5.22. The molecule has 0 aliphatic carbocycles. The maximum atomic E-state index is 15.0. The molecule has 0 saturated carbocycles. The van der Waals surface area contributed by atoms with Gasteiger partial charge in [0.1, 0.15) is 17.8 Å². The van der Waals surface area contributed by atoms with Gasteiger partial charge >= 0.3 is 5.69 Å². The molecule has 1 aromatic carbocycles. The van der Waals surface area contributed by atoms with Crippen LogP contribution in [-0.2, 0) is 0 Å². The predicted molar refractivity (Wildman–Crippen MR) is 96.8 cm³/mol. The van der Waals surface area contributed by atoms with Gasteiger partial charge in [0, 0.05) is 19.1 Å². The number of nitrogens with zero attached hydrogens (tertiary/aromatic N) is 3. The first-order chi connectivity index (χ1) is 12.3. The number of nitrogen functional groups attached to an aromatic ring is 1. The second-order valence-corrected chi connectivity index (χ2v) is 7.27. The quantitative estimate of drug-likeness (QED) is 0.735. The molecule has 4 rings (SSSR count). The van der Waals surface area contributed by atoms with Crippen LogP contribution in [0.25, 0.3) is 10.9 Å². The number of nitrogens with two attached hydrogens (primary N) is 2. The summed E-state index contributed by atoms with van der Waals surface area (Å²) in [4.78, 5) is 26.8. The molecule has 2 aromatic rings. The Bertz CT molecular complexity index is 1010. The largest absolute Gasteiger partial charge is 0.487 e. The topological polar surface area (TPSA) is 109 Å². The van der Waals surface area contributed by atoms with Gasteiger partial charge in [-0.3, -0.25) is 9.36 Å². The van der Waals surface area contributed by atoms with Gasteiger partial charge in [-0.15, -0.1) is 0 Å². The van der Waals surface area contributed by atoms with Gasteiger partial charge in [0.2, 0.25) is 0 Å². The van der Waals surface area contributed by atoms with Gasteiger partial charge in [0.25, 0.3) is 5.56 Å². The lowest BCUT2D eigenvalue weighted by Crippen LogP contribution is -2.47. The van der Waals surface area contributed by atoms with E-state index in [0.29, 0.717) is 23.3 Å². The fourth-order valence-electron chi connectivity index (χ4n) is 3.98. The Balaban J connectivity index is 2.01. The van der Waals surface area contributed by atoms with Crippen molar-refractivity contribution in [3.63, 3.8) is 0 Å². The fourth-order valence-corrected chi connectivity index (χ4v) is 3.98. The average molecular weight is 363 g/mol. The molecule has 3 heterocycles. The Labute approximate surface area is 148 Å². The van der Waals surface area contributed by atoms with Crippen molar-refractivity contribution >= 4 is 16.6 Å². The minimum Gasteiger partial charge on any atom is -0.487 e. The number of rotatable bonds is 2. The summed E-state index contributed by atoms with van der Waals surface area (Å²) in [6, 6.07) is 0.834. The number of ether oxygens (including phenoxy) is 1. The van der Waals surface area contributed by atoms with Gasteiger partial charge in [0.05, 0.1) is 11.4 Å². The smallest absolute Gasteiger partial charge is 0.350 e. The van der Waals surface area contributed by atoms with Crippen molar-refractivity contribution in [2.45, 2.75) is 32.4 Å². The molecule has 2 aliphatic rings. The number of hydrogen-bond donors (Lipinski definition) is 2. The molecule has 8 nitrogen and oxygen atoms in total. The Morgan fingerprint density at radius 1 is 1.38 bits per heavy atom. The normalized spacial score (nSPS) is 23.3. The molecule has 2 aliphatic heterocycles. The number of anilines is 1. The van der Waals surface area contributed by atoms with Gasteiger partial charge in [-0.1, -0.05) is 0 Å². The molecule has 1 fully saturated rings. The molecule has 0 radical (unpaired) electrons. The SMILES string of the molecule is CC1COc2c(N3CC[C@H]([C@@H](C)N)C3)c(F)cc3c(=O)n(N)c(=O)n1c23. The number of hydrogen-bond acceptors (Lipinski definition) is 6. The minimum atomic E-state index is -0.736. The molecule has 1 aromatic heterocycles. The van der Waals surface area contributed by atoms with Crippen LogP contribution in [0.15, 0.2) is 15.7 Å². The molecule has 9 heteroatoms. The van der Waals surface area contributed by atoms with Gasteiger partial charge in [0.15, 0.2) is 11.6 Å². The molecule has 1 saturated heterocycles. The van der Waals surface area contributed by atoms with Crippen LogP contribution < -0.4 is 32.5 Å². The van der Waals surface area contributed by atoms with Gasteiger partial charge in [-0.25, -0.2) is 9.18 Å². The summed E-state index contributed by atoms with van der Waals surface area (Å²) >= 11 is 0. The standard InChI is InChI=1S/C17H22FN5O3/c1-8-7-26-15-13-11(16(24)23(20)17(25)22(8)13)5-12(18)14(15)21-4-3-10(6-21)9(2)19/h5,8-10H,3-4,6-7,19-20H2,1-2H3/t8?,9-,10+/m1/s1. The van der Waals surface area contributed by atoms with E-state index < -0.39 is 17.1 Å². The molecular weight excluding hydrogens is 341 g/mol. The van der Waals surface area contributed by atoms with E-state index in [4.69, 9.17) is 16.3 Å². The van der Waals surface area contributed by atoms with Crippen molar-refractivity contribution in [2.75, 3.05) is 30.4 Å². The average Bonchev–Trinajstić information content (AvgIpc) is 3.08. The van der Waals surface area contributed by atoms with E-state index in [-0.39, 0.29) is 41.4 Å². The predicted octanol–water partition coefficient (Wildman–Crippen LogP) is 0.143. The lowest BCUT2D eigenvalue weighted by molar-refractivity contribution is 0.241. The van der Waals surface area contributed by atoms with E-state index in [0.717, 1.165) is 12.5 Å². The Hall–Kier alpha value is -2.55. The Morgan fingerprint density at radius 3 is 2.77 bits per heavy atom. The second-order valence-electron chi connectivity index (χ2n) is 7.27. The van der Waals surface area contributed by atoms with Crippen LogP contribution in [0.3, 0.4) is 0 Å². The van der Waals surface area contributed by atoms with Crippen LogP contribution in [0, 0.1) is 11.7 Å². The number of aromatic nitrogens is 2. The number of halogens is 1. The van der Waals surface area contributed by atoms with Crippen molar-refractivity contribution in [3.8, 4) is 5.75 Å². The van der Waals surface area contributed by atoms with E-state index in [9.17, 15) is 14.0 Å². The molecule has 4 N–H and O–H groups in total. The molecule has 0 bridgehead atoms. The van der Waals surface area contributed by atoms with Gasteiger partial charge in [-0.05, 0) is 32.3 Å². The van der Waals surface area contributed by atoms with Crippen LogP contribution in [0.4, 0.5) is 10.1 Å². The van der Waals surface area contributed by atoms with Crippen molar-refractivity contribution in [2.24, 2.45) is 11.7 Å². The fraction of sp³-hybridized carbons (Fsp3) is 0.529. The minimum absolute atomic E-state index is 0.00318. The van der Waals surface area contributed by atoms with Crippen LogP contribution >= 0.6 is 0 Å². The summed E-state index contributed by atoms with van der Waals surface area (Å²) in [6.45, 7) is 5.16. The summed E-state index contributed by atoms with van der Waals surface area (Å²) in [5, 5.41) is 0.0397. The zero-order valence-corrected chi connectivity index (χ0v) is 14.7. The maximum Gasteiger partial charge on any atom is 0.350 e. The molecule has 0 amide bonds. The molecule has 26 heavy (non-hydrogen) atoms. The van der Waals surface area contributed by atoms with Gasteiger partial charge in [-0.2, -0.15) is 4.68 Å². The van der Waals surface area contributed by atoms with Crippen LogP contribution in [0.5, 0.6) is 5.75 Å². The molecule has 1 unspecified atom stereocenters. The first kappa shape index (κ1) is 16.9. The lowest BCUT2D eigenvalue weighted by atomic mass is 10.0. The highest BCUT2D eigenvalue weighted by Gasteiger charge is 2.34. The molecule has 3 atom stereocenters. The number of benzene rings is 1. The summed E-state index contributed by atoms with van der Waals surface area (Å²) < 4.78 is 22.7. The summed E-state index contributed by atoms with van der Waals surface area (Å²) in [5.74, 6) is 5.53. The van der Waals surface area contributed by atoms with E-state index in [2.05, 4.69) is 0 Å². The maximum absolute atomic E-state index is 15.0. The first-order valence-corrected chi connectivity index (χ1v) is 8.73.